The molecular formula is C8H8N2Si. The van der Waals surface area contributed by atoms with Gasteiger partial charge in [0.25, 0.3) is 0 Å². The number of hydrogen-bond acceptors (Lipinski definition) is 1. The van der Waals surface area contributed by atoms with Gasteiger partial charge in [-0.25, -0.2) is 0 Å². The second kappa shape index (κ2) is 2.51. The number of aromatic amines is 1. The molecule has 2 radical (unpaired) electrons. The number of fused-ring (bicyclic) bond motifs is 1. The van der Waals surface area contributed by atoms with E-state index in [9.17, 15) is 0 Å². The summed E-state index contributed by atoms with van der Waals surface area (Å²) < 4.78 is 0. The Morgan fingerprint density at radius 1 is 1.45 bits per heavy atom. The van der Waals surface area contributed by atoms with Crippen molar-refractivity contribution < 1.29 is 0 Å². The Kier molecular flexibility index (Phi) is 1.51. The van der Waals surface area contributed by atoms with Gasteiger partial charge in [-0.1, -0.05) is 23.9 Å². The van der Waals surface area contributed by atoms with Gasteiger partial charge in [-0.05, 0) is 6.07 Å². The van der Waals surface area contributed by atoms with E-state index in [4.69, 9.17) is 0 Å². The van der Waals surface area contributed by atoms with Gasteiger partial charge in [-0.2, -0.15) is 5.10 Å². The Bertz CT molecular complexity index is 367. The van der Waals surface area contributed by atoms with Gasteiger partial charge in [0.05, 0.1) is 21.2 Å². The highest BCUT2D eigenvalue weighted by Gasteiger charge is 1.95. The molecule has 2 rings (SSSR count). The van der Waals surface area contributed by atoms with Crippen LogP contribution in [-0.2, 0) is 0 Å². The molecule has 0 atom stereocenters. The quantitative estimate of drug-likeness (QED) is 0.618. The number of hydrogen-bond donors (Lipinski definition) is 1. The van der Waals surface area contributed by atoms with Crippen molar-refractivity contribution in [2.45, 2.75) is 6.55 Å². The lowest BCUT2D eigenvalue weighted by Gasteiger charge is -1.93. The topological polar surface area (TPSA) is 28.7 Å². The van der Waals surface area contributed by atoms with Crippen molar-refractivity contribution in [3.63, 3.8) is 0 Å². The normalized spacial score (nSPS) is 10.6. The maximum absolute atomic E-state index is 3.95. The van der Waals surface area contributed by atoms with Crippen molar-refractivity contribution in [2.75, 3.05) is 0 Å². The lowest BCUT2D eigenvalue weighted by Crippen LogP contribution is -2.08. The number of nitrogens with one attached hydrogen (secondary N) is 1. The molecular weight excluding hydrogens is 152 g/mol. The molecule has 11 heavy (non-hydrogen) atoms. The Morgan fingerprint density at radius 3 is 3.18 bits per heavy atom. The number of aromatic nitrogens is 2. The van der Waals surface area contributed by atoms with Gasteiger partial charge in [0.1, 0.15) is 0 Å². The van der Waals surface area contributed by atoms with Crippen LogP contribution >= 0.6 is 0 Å². The average Bonchev–Trinajstić information content (AvgIpc) is 2.50. The molecule has 3 heteroatoms. The van der Waals surface area contributed by atoms with Crippen LogP contribution in [-0.4, -0.2) is 19.7 Å². The predicted octanol–water partition coefficient (Wildman–Crippen LogP) is 0.940. The highest BCUT2D eigenvalue weighted by atomic mass is 28.2. The molecule has 1 heterocycles. The standard InChI is InChI=1S/C8H8N2Si/c1-11-7-3-2-6-5-9-10-8(6)4-7/h2-5H,1H3,(H,9,10). The smallest absolute Gasteiger partial charge is 0.0774 e. The Morgan fingerprint density at radius 2 is 2.36 bits per heavy atom. The molecule has 0 spiro atoms. The van der Waals surface area contributed by atoms with Crippen molar-refractivity contribution in [2.24, 2.45) is 0 Å². The Hall–Kier alpha value is -1.09. The van der Waals surface area contributed by atoms with E-state index < -0.39 is 0 Å². The maximum atomic E-state index is 3.95. The van der Waals surface area contributed by atoms with E-state index in [1.165, 1.54) is 10.6 Å². The Labute approximate surface area is 67.4 Å². The zero-order valence-electron chi connectivity index (χ0n) is 6.26. The van der Waals surface area contributed by atoms with Gasteiger partial charge in [-0.15, -0.1) is 0 Å². The molecule has 0 amide bonds. The van der Waals surface area contributed by atoms with Crippen LogP contribution in [0.3, 0.4) is 0 Å². The summed E-state index contributed by atoms with van der Waals surface area (Å²) in [6.45, 7) is 2.18. The second-order valence-corrected chi connectivity index (χ2v) is 3.50. The zero-order chi connectivity index (χ0) is 7.68. The van der Waals surface area contributed by atoms with E-state index in [1.807, 2.05) is 6.20 Å². The molecule has 1 N–H and O–H groups in total. The minimum atomic E-state index is 0.858. The minimum Gasteiger partial charge on any atom is -0.278 e. The van der Waals surface area contributed by atoms with Gasteiger partial charge in [-0.3, -0.25) is 5.10 Å². The van der Waals surface area contributed by atoms with Crippen LogP contribution in [0.15, 0.2) is 24.4 Å². The van der Waals surface area contributed by atoms with E-state index in [0.29, 0.717) is 0 Å². The summed E-state index contributed by atoms with van der Waals surface area (Å²) in [5, 5.41) is 9.47. The first-order valence-corrected chi connectivity index (χ1v) is 5.01. The van der Waals surface area contributed by atoms with Crippen LogP contribution in [0.25, 0.3) is 10.9 Å². The molecule has 2 nitrogen and oxygen atoms in total. The third-order valence-electron chi connectivity index (χ3n) is 1.73. The highest BCUT2D eigenvalue weighted by molar-refractivity contribution is 6.52. The van der Waals surface area contributed by atoms with Gasteiger partial charge < -0.3 is 0 Å². The SMILES string of the molecule is C[Si]c1ccc2cn[nH]c2c1. The zero-order valence-corrected chi connectivity index (χ0v) is 7.26. The molecule has 0 fully saturated rings. The van der Waals surface area contributed by atoms with E-state index >= 15 is 0 Å². The number of nitrogens with zero attached hydrogens (tertiary/aromatic N) is 1. The predicted molar refractivity (Wildman–Crippen MR) is 47.3 cm³/mol. The summed E-state index contributed by atoms with van der Waals surface area (Å²) in [6, 6.07) is 6.40. The van der Waals surface area contributed by atoms with Crippen molar-refractivity contribution >= 4 is 25.6 Å². The number of H-pyrrole nitrogens is 1. The molecule has 0 unspecified atom stereocenters. The molecule has 0 aliphatic carbocycles. The summed E-state index contributed by atoms with van der Waals surface area (Å²) in [4.78, 5) is 0. The number of rotatable bonds is 1. The first-order chi connectivity index (χ1) is 5.40. The van der Waals surface area contributed by atoms with Crippen molar-refractivity contribution in [3.05, 3.63) is 24.4 Å². The lowest BCUT2D eigenvalue weighted by atomic mass is 10.3. The molecule has 0 aliphatic heterocycles. The van der Waals surface area contributed by atoms with E-state index in [-0.39, 0.29) is 0 Å². The van der Waals surface area contributed by atoms with Crippen molar-refractivity contribution in [3.8, 4) is 0 Å². The third kappa shape index (κ3) is 1.07. The maximum Gasteiger partial charge on any atom is 0.0774 e. The molecule has 0 bridgehead atoms. The van der Waals surface area contributed by atoms with Crippen molar-refractivity contribution in [1.82, 2.24) is 10.2 Å². The molecule has 0 saturated carbocycles. The fraction of sp³-hybridized carbons (Fsp3) is 0.125. The van der Waals surface area contributed by atoms with E-state index in [2.05, 4.69) is 34.9 Å². The van der Waals surface area contributed by atoms with Crippen LogP contribution in [0.4, 0.5) is 0 Å². The summed E-state index contributed by atoms with van der Waals surface area (Å²) in [7, 11) is 0.858. The average molecular weight is 160 g/mol. The molecule has 2 aromatic rings. The third-order valence-corrected chi connectivity index (χ3v) is 2.62. The summed E-state index contributed by atoms with van der Waals surface area (Å²) >= 11 is 0. The second-order valence-electron chi connectivity index (χ2n) is 2.42. The van der Waals surface area contributed by atoms with Crippen LogP contribution in [0.1, 0.15) is 0 Å². The lowest BCUT2D eigenvalue weighted by molar-refractivity contribution is 1.12. The van der Waals surface area contributed by atoms with Crippen molar-refractivity contribution in [1.29, 1.82) is 0 Å². The summed E-state index contributed by atoms with van der Waals surface area (Å²) in [5.74, 6) is 0. The largest absolute Gasteiger partial charge is 0.278 e. The first kappa shape index (κ1) is 6.61. The monoisotopic (exact) mass is 160 g/mol. The number of benzene rings is 1. The molecule has 1 aromatic heterocycles. The highest BCUT2D eigenvalue weighted by Crippen LogP contribution is 2.06. The van der Waals surface area contributed by atoms with E-state index in [0.717, 1.165) is 15.0 Å². The van der Waals surface area contributed by atoms with Gasteiger partial charge >= 0.3 is 0 Å². The molecule has 0 aliphatic rings. The molecule has 0 saturated heterocycles. The van der Waals surface area contributed by atoms with Crippen LogP contribution in [0.2, 0.25) is 6.55 Å². The van der Waals surface area contributed by atoms with Gasteiger partial charge in [0.15, 0.2) is 0 Å². The molecule has 1 aromatic carbocycles. The minimum absolute atomic E-state index is 0.858. The first-order valence-electron chi connectivity index (χ1n) is 3.51. The summed E-state index contributed by atoms with van der Waals surface area (Å²) in [6.07, 6.45) is 1.85. The molecule has 54 valence electrons. The van der Waals surface area contributed by atoms with Crippen LogP contribution in [0.5, 0.6) is 0 Å². The van der Waals surface area contributed by atoms with Crippen LogP contribution in [0, 0.1) is 0 Å². The van der Waals surface area contributed by atoms with Crippen LogP contribution < -0.4 is 5.19 Å². The van der Waals surface area contributed by atoms with Gasteiger partial charge in [0.2, 0.25) is 0 Å². The fourth-order valence-electron chi connectivity index (χ4n) is 1.09. The fourth-order valence-corrected chi connectivity index (χ4v) is 1.63. The van der Waals surface area contributed by atoms with E-state index in [1.54, 1.807) is 0 Å². The summed E-state index contributed by atoms with van der Waals surface area (Å²) in [5.41, 5.74) is 1.14. The Balaban J connectivity index is 2.67. The van der Waals surface area contributed by atoms with Gasteiger partial charge in [0, 0.05) is 5.39 Å².